The molecule has 4 saturated carbocycles. The lowest BCUT2D eigenvalue weighted by Crippen LogP contribution is -2.69. The molecule has 6 atom stereocenters. The lowest BCUT2D eigenvalue weighted by molar-refractivity contribution is -0.250. The van der Waals surface area contributed by atoms with Crippen LogP contribution in [-0.2, 0) is 9.53 Å². The first-order chi connectivity index (χ1) is 10.6. The fourth-order valence-electron chi connectivity index (χ4n) is 6.52. The van der Waals surface area contributed by atoms with E-state index in [1.165, 1.54) is 0 Å². The highest BCUT2D eigenvalue weighted by atomic mass is 16.7. The number of hydrogen-bond acceptors (Lipinski definition) is 4. The predicted molar refractivity (Wildman–Crippen MR) is 83.9 cm³/mol. The van der Waals surface area contributed by atoms with Crippen LogP contribution in [0.3, 0.4) is 0 Å². The maximum atomic E-state index is 12.7. The molecule has 0 aliphatic heterocycles. The van der Waals surface area contributed by atoms with E-state index in [0.717, 1.165) is 25.7 Å². The summed E-state index contributed by atoms with van der Waals surface area (Å²) in [5.74, 6) is 0.487. The van der Waals surface area contributed by atoms with Crippen LogP contribution in [0.25, 0.3) is 0 Å². The van der Waals surface area contributed by atoms with Gasteiger partial charge >= 0.3 is 6.16 Å². The van der Waals surface area contributed by atoms with Crippen molar-refractivity contribution in [1.82, 2.24) is 0 Å². The Morgan fingerprint density at radius 1 is 1.17 bits per heavy atom. The van der Waals surface area contributed by atoms with E-state index in [-0.39, 0.29) is 22.5 Å². The first-order valence-electron chi connectivity index (χ1n) is 8.64. The fraction of sp³-hybridized carbons (Fsp3) is 0.889. The summed E-state index contributed by atoms with van der Waals surface area (Å²) in [6, 6.07) is 0. The number of Topliss-reactive ketones (excluding diaryl/α,β-unsaturated/α-hetero) is 1. The van der Waals surface area contributed by atoms with E-state index in [4.69, 9.17) is 5.11 Å². The molecule has 0 aromatic rings. The number of fused-ring (bicyclic) bond motifs is 2. The van der Waals surface area contributed by atoms with Gasteiger partial charge in [-0.25, -0.2) is 4.79 Å². The molecule has 0 radical (unpaired) electrons. The molecule has 0 heterocycles. The zero-order valence-corrected chi connectivity index (χ0v) is 14.5. The summed E-state index contributed by atoms with van der Waals surface area (Å²) in [7, 11) is 0. The summed E-state index contributed by atoms with van der Waals surface area (Å²) in [6.07, 6.45) is 1.88. The summed E-state index contributed by atoms with van der Waals surface area (Å²) < 4.78 is 4.53. The number of carbonyl (C=O) groups is 2. The van der Waals surface area contributed by atoms with E-state index < -0.39 is 24.3 Å². The van der Waals surface area contributed by atoms with Crippen LogP contribution in [0.4, 0.5) is 4.79 Å². The Kier molecular flexibility index (Phi) is 3.60. The maximum absolute atomic E-state index is 12.7. The molecule has 6 unspecified atom stereocenters. The first kappa shape index (κ1) is 16.7. The number of hydrogen-bond donors (Lipinski definition) is 2. The van der Waals surface area contributed by atoms with Crippen molar-refractivity contribution in [1.29, 1.82) is 0 Å². The van der Waals surface area contributed by atoms with E-state index in [1.54, 1.807) is 0 Å². The van der Waals surface area contributed by atoms with Crippen LogP contribution in [0.2, 0.25) is 0 Å². The number of ether oxygens (including phenoxy) is 1. The second-order valence-electron chi connectivity index (χ2n) is 8.77. The summed E-state index contributed by atoms with van der Waals surface area (Å²) in [6.45, 7) is 8.22. The molecule has 23 heavy (non-hydrogen) atoms. The number of aliphatic hydroxyl groups excluding tert-OH is 1. The predicted octanol–water partition coefficient (Wildman–Crippen LogP) is 3.10. The minimum absolute atomic E-state index is 0.00419. The highest BCUT2D eigenvalue weighted by molar-refractivity contribution is 5.85. The van der Waals surface area contributed by atoms with Gasteiger partial charge in [-0.15, -0.1) is 0 Å². The second-order valence-corrected chi connectivity index (χ2v) is 8.77. The Hall–Kier alpha value is -1.10. The molecule has 0 aromatic heterocycles. The summed E-state index contributed by atoms with van der Waals surface area (Å²) in [5, 5.41) is 19.6. The van der Waals surface area contributed by atoms with Gasteiger partial charge in [0.1, 0.15) is 0 Å². The quantitative estimate of drug-likeness (QED) is 0.779. The van der Waals surface area contributed by atoms with Gasteiger partial charge in [0.2, 0.25) is 0 Å². The van der Waals surface area contributed by atoms with E-state index >= 15 is 0 Å². The molecule has 0 saturated heterocycles. The Morgan fingerprint density at radius 3 is 2.43 bits per heavy atom. The maximum Gasteiger partial charge on any atom is 0.506 e. The average Bonchev–Trinajstić information content (AvgIpc) is 2.77. The van der Waals surface area contributed by atoms with Gasteiger partial charge in [-0.3, -0.25) is 4.79 Å². The Morgan fingerprint density at radius 2 is 1.83 bits per heavy atom. The van der Waals surface area contributed by atoms with Crippen molar-refractivity contribution >= 4 is 11.9 Å². The van der Waals surface area contributed by atoms with E-state index in [1.807, 2.05) is 6.92 Å². The minimum atomic E-state index is -1.42. The Bertz CT molecular complexity index is 542. The van der Waals surface area contributed by atoms with Crippen LogP contribution in [0.5, 0.6) is 0 Å². The molecular formula is C18H28O5. The number of carbonyl (C=O) groups excluding carboxylic acids is 1. The third kappa shape index (κ3) is 1.95. The lowest BCUT2D eigenvalue weighted by Gasteiger charge is -2.69. The second kappa shape index (κ2) is 4.95. The van der Waals surface area contributed by atoms with Crippen molar-refractivity contribution in [3.8, 4) is 0 Å². The molecule has 130 valence electrons. The highest BCUT2D eigenvalue weighted by Crippen LogP contribution is 2.75. The fourth-order valence-corrected chi connectivity index (χ4v) is 6.52. The molecule has 2 bridgehead atoms. The molecule has 1 spiro atoms. The van der Waals surface area contributed by atoms with Crippen molar-refractivity contribution in [2.45, 2.75) is 59.5 Å². The lowest BCUT2D eigenvalue weighted by atomic mass is 9.35. The van der Waals surface area contributed by atoms with Crippen molar-refractivity contribution in [2.75, 3.05) is 6.61 Å². The van der Waals surface area contributed by atoms with Crippen LogP contribution in [0.1, 0.15) is 53.4 Å². The third-order valence-corrected chi connectivity index (χ3v) is 8.12. The molecule has 4 fully saturated rings. The van der Waals surface area contributed by atoms with Gasteiger partial charge in [-0.05, 0) is 48.3 Å². The summed E-state index contributed by atoms with van der Waals surface area (Å²) in [4.78, 5) is 23.4. The van der Waals surface area contributed by atoms with E-state index in [9.17, 15) is 14.7 Å². The normalized spacial score (nSPS) is 47.2. The SMILES string of the molecule is CC1CCC2C13CC(O)C(C)(C(C(=O)COC(=O)O)C3)C2(C)C. The monoisotopic (exact) mass is 324 g/mol. The van der Waals surface area contributed by atoms with E-state index in [2.05, 4.69) is 25.5 Å². The van der Waals surface area contributed by atoms with Crippen LogP contribution in [0, 0.1) is 34.0 Å². The highest BCUT2D eigenvalue weighted by Gasteiger charge is 2.73. The molecule has 4 rings (SSSR count). The van der Waals surface area contributed by atoms with E-state index in [0.29, 0.717) is 11.8 Å². The zero-order valence-electron chi connectivity index (χ0n) is 14.5. The number of aliphatic hydroxyl groups is 1. The van der Waals surface area contributed by atoms with Gasteiger partial charge in [0.15, 0.2) is 12.4 Å². The smallest absolute Gasteiger partial charge is 0.450 e. The van der Waals surface area contributed by atoms with Crippen molar-refractivity contribution in [3.63, 3.8) is 0 Å². The number of ketones is 1. The summed E-state index contributed by atoms with van der Waals surface area (Å²) in [5.41, 5.74) is -0.677. The van der Waals surface area contributed by atoms with Crippen LogP contribution in [-0.4, -0.2) is 34.9 Å². The summed E-state index contributed by atoms with van der Waals surface area (Å²) >= 11 is 0. The van der Waals surface area contributed by atoms with Crippen LogP contribution >= 0.6 is 0 Å². The average molecular weight is 324 g/mol. The standard InChI is InChI=1S/C18H28O5/c1-10-5-6-13-16(2,3)17(4)11(12(19)9-23-15(21)22)7-18(10,13)8-14(17)20/h10-11,13-14,20H,5-9H2,1-4H3,(H,21,22). The molecule has 0 aromatic carbocycles. The molecule has 0 amide bonds. The topological polar surface area (TPSA) is 83.8 Å². The molecule has 4 aliphatic carbocycles. The largest absolute Gasteiger partial charge is 0.506 e. The first-order valence-corrected chi connectivity index (χ1v) is 8.64. The zero-order chi connectivity index (χ0) is 17.2. The Balaban J connectivity index is 2.00. The van der Waals surface area contributed by atoms with Gasteiger partial charge in [-0.1, -0.05) is 27.7 Å². The van der Waals surface area contributed by atoms with Crippen molar-refractivity contribution in [3.05, 3.63) is 0 Å². The molecule has 5 nitrogen and oxygen atoms in total. The van der Waals surface area contributed by atoms with Gasteiger partial charge < -0.3 is 14.9 Å². The van der Waals surface area contributed by atoms with Crippen LogP contribution in [0.15, 0.2) is 0 Å². The van der Waals surface area contributed by atoms with Gasteiger partial charge in [0.05, 0.1) is 6.10 Å². The van der Waals surface area contributed by atoms with Crippen molar-refractivity contribution < 1.29 is 24.5 Å². The van der Waals surface area contributed by atoms with Gasteiger partial charge in [0, 0.05) is 11.3 Å². The number of rotatable bonds is 3. The van der Waals surface area contributed by atoms with Gasteiger partial charge in [0.25, 0.3) is 0 Å². The molecular weight excluding hydrogens is 296 g/mol. The van der Waals surface area contributed by atoms with Gasteiger partial charge in [-0.2, -0.15) is 0 Å². The number of carboxylic acid groups (broad SMARTS) is 1. The molecule has 4 aliphatic rings. The minimum Gasteiger partial charge on any atom is -0.450 e. The third-order valence-electron chi connectivity index (χ3n) is 8.12. The molecule has 5 heteroatoms. The van der Waals surface area contributed by atoms with Crippen molar-refractivity contribution in [2.24, 2.45) is 34.0 Å². The van der Waals surface area contributed by atoms with Crippen LogP contribution < -0.4 is 0 Å². The Labute approximate surface area is 137 Å². The molecule has 2 N–H and O–H groups in total.